The number of pyridine rings is 1. The van der Waals surface area contributed by atoms with Crippen LogP contribution in [0.3, 0.4) is 0 Å². The van der Waals surface area contributed by atoms with E-state index in [0.29, 0.717) is 11.6 Å². The van der Waals surface area contributed by atoms with Crippen molar-refractivity contribution < 1.29 is 4.79 Å². The molecule has 0 spiro atoms. The number of hydrogen-bond acceptors (Lipinski definition) is 3. The summed E-state index contributed by atoms with van der Waals surface area (Å²) < 4.78 is 0. The largest absolute Gasteiger partial charge is 0.363 e. The molecule has 0 unspecified atom stereocenters. The van der Waals surface area contributed by atoms with Gasteiger partial charge in [0.05, 0.1) is 0 Å². The molecule has 1 heterocycles. The highest BCUT2D eigenvalue weighted by atomic mass is 16.1. The van der Waals surface area contributed by atoms with Crippen molar-refractivity contribution in [3.05, 3.63) is 23.9 Å². The lowest BCUT2D eigenvalue weighted by Gasteiger charge is -2.11. The van der Waals surface area contributed by atoms with Gasteiger partial charge in [-0.15, -0.1) is 0 Å². The molecule has 0 saturated heterocycles. The van der Waals surface area contributed by atoms with E-state index in [1.807, 2.05) is 19.0 Å². The fourth-order valence-corrected chi connectivity index (χ4v) is 1.30. The number of amides is 1. The normalized spacial score (nSPS) is 14.8. The molecule has 0 aliphatic heterocycles. The van der Waals surface area contributed by atoms with E-state index in [2.05, 4.69) is 10.3 Å². The number of nitrogens with one attached hydrogen (secondary N) is 1. The number of carbonyl (C=O) groups is 1. The maximum Gasteiger partial charge on any atom is 0.251 e. The zero-order valence-electron chi connectivity index (χ0n) is 9.03. The number of anilines is 1. The van der Waals surface area contributed by atoms with Crippen LogP contribution in [0.2, 0.25) is 0 Å². The maximum absolute atomic E-state index is 11.7. The summed E-state index contributed by atoms with van der Waals surface area (Å²) in [6, 6.07) is 3.94. The number of nitrogens with zero attached hydrogens (tertiary/aromatic N) is 2. The van der Waals surface area contributed by atoms with Crippen LogP contribution >= 0.6 is 0 Å². The summed E-state index contributed by atoms with van der Waals surface area (Å²) in [5.74, 6) is 0.807. The molecule has 0 atom stereocenters. The van der Waals surface area contributed by atoms with Gasteiger partial charge in [-0.1, -0.05) is 0 Å². The van der Waals surface area contributed by atoms with E-state index in [-0.39, 0.29) is 5.91 Å². The van der Waals surface area contributed by atoms with Crippen molar-refractivity contribution in [1.29, 1.82) is 0 Å². The van der Waals surface area contributed by atoms with Gasteiger partial charge in [0.25, 0.3) is 5.91 Å². The van der Waals surface area contributed by atoms with Crippen molar-refractivity contribution in [1.82, 2.24) is 10.3 Å². The average Bonchev–Trinajstić information content (AvgIpc) is 3.02. The first-order chi connectivity index (χ1) is 7.16. The van der Waals surface area contributed by atoms with Gasteiger partial charge in [0.1, 0.15) is 5.82 Å². The van der Waals surface area contributed by atoms with Crippen LogP contribution in [-0.4, -0.2) is 31.0 Å². The van der Waals surface area contributed by atoms with E-state index in [1.54, 1.807) is 18.3 Å². The Hall–Kier alpha value is -1.58. The molecule has 1 aromatic heterocycles. The van der Waals surface area contributed by atoms with E-state index >= 15 is 0 Å². The third-order valence-corrected chi connectivity index (χ3v) is 2.38. The Balaban J connectivity index is 2.12. The molecule has 80 valence electrons. The third kappa shape index (κ3) is 2.46. The second kappa shape index (κ2) is 3.88. The molecule has 1 aliphatic rings. The van der Waals surface area contributed by atoms with Crippen molar-refractivity contribution in [3.63, 3.8) is 0 Å². The van der Waals surface area contributed by atoms with E-state index in [4.69, 9.17) is 0 Å². The average molecular weight is 205 g/mol. The fraction of sp³-hybridized carbons (Fsp3) is 0.455. The Kier molecular flexibility index (Phi) is 2.58. The molecular formula is C11H15N3O. The summed E-state index contributed by atoms with van der Waals surface area (Å²) in [5.41, 5.74) is 0.681. The zero-order valence-corrected chi connectivity index (χ0v) is 9.03. The first-order valence-corrected chi connectivity index (χ1v) is 5.11. The Bertz CT molecular complexity index is 372. The molecule has 1 aliphatic carbocycles. The minimum atomic E-state index is 0.00278. The van der Waals surface area contributed by atoms with E-state index in [9.17, 15) is 4.79 Å². The summed E-state index contributed by atoms with van der Waals surface area (Å²) >= 11 is 0. The molecule has 1 saturated carbocycles. The summed E-state index contributed by atoms with van der Waals surface area (Å²) in [6.07, 6.45) is 3.88. The van der Waals surface area contributed by atoms with Crippen LogP contribution in [0.5, 0.6) is 0 Å². The predicted molar refractivity (Wildman–Crippen MR) is 59.1 cm³/mol. The van der Waals surface area contributed by atoms with Gasteiger partial charge >= 0.3 is 0 Å². The molecule has 1 fully saturated rings. The fourth-order valence-electron chi connectivity index (χ4n) is 1.30. The monoisotopic (exact) mass is 205 g/mol. The van der Waals surface area contributed by atoms with Gasteiger partial charge < -0.3 is 10.2 Å². The van der Waals surface area contributed by atoms with Crippen LogP contribution in [0.15, 0.2) is 18.3 Å². The lowest BCUT2D eigenvalue weighted by atomic mass is 10.2. The van der Waals surface area contributed by atoms with Crippen LogP contribution in [0.1, 0.15) is 23.2 Å². The molecule has 15 heavy (non-hydrogen) atoms. The summed E-state index contributed by atoms with van der Waals surface area (Å²) in [7, 11) is 3.82. The molecule has 4 heteroatoms. The molecule has 2 rings (SSSR count). The third-order valence-electron chi connectivity index (χ3n) is 2.38. The van der Waals surface area contributed by atoms with Crippen LogP contribution in [0.4, 0.5) is 5.82 Å². The molecule has 4 nitrogen and oxygen atoms in total. The minimum Gasteiger partial charge on any atom is -0.363 e. The highest BCUT2D eigenvalue weighted by molar-refractivity contribution is 5.95. The van der Waals surface area contributed by atoms with Crippen LogP contribution in [0, 0.1) is 0 Å². The quantitative estimate of drug-likeness (QED) is 0.802. The van der Waals surface area contributed by atoms with Crippen molar-refractivity contribution in [2.45, 2.75) is 18.9 Å². The van der Waals surface area contributed by atoms with Gasteiger partial charge in [-0.25, -0.2) is 4.98 Å². The standard InChI is InChI=1S/C11H15N3O/c1-14(2)10-7-8(5-6-12-10)11(15)13-9-3-4-9/h5-7,9H,3-4H2,1-2H3,(H,13,15). The summed E-state index contributed by atoms with van der Waals surface area (Å²) in [5, 5.41) is 2.95. The smallest absolute Gasteiger partial charge is 0.251 e. The first-order valence-electron chi connectivity index (χ1n) is 5.11. The highest BCUT2D eigenvalue weighted by Gasteiger charge is 2.23. The Labute approximate surface area is 89.3 Å². The second-order valence-electron chi connectivity index (χ2n) is 4.04. The molecule has 0 aromatic carbocycles. The molecular weight excluding hydrogens is 190 g/mol. The lowest BCUT2D eigenvalue weighted by molar-refractivity contribution is 0.0951. The zero-order chi connectivity index (χ0) is 10.8. The first kappa shape index (κ1) is 9.96. The summed E-state index contributed by atoms with van der Waals surface area (Å²) in [4.78, 5) is 17.8. The summed E-state index contributed by atoms with van der Waals surface area (Å²) in [6.45, 7) is 0. The van der Waals surface area contributed by atoms with E-state index < -0.39 is 0 Å². The maximum atomic E-state index is 11.7. The number of hydrogen-bond donors (Lipinski definition) is 1. The molecule has 0 bridgehead atoms. The van der Waals surface area contributed by atoms with Crippen LogP contribution in [0.25, 0.3) is 0 Å². The van der Waals surface area contributed by atoms with Crippen molar-refractivity contribution in [2.24, 2.45) is 0 Å². The van der Waals surface area contributed by atoms with Gasteiger partial charge in [0.15, 0.2) is 0 Å². The molecule has 1 N–H and O–H groups in total. The Morgan fingerprint density at radius 2 is 2.27 bits per heavy atom. The SMILES string of the molecule is CN(C)c1cc(C(=O)NC2CC2)ccn1. The molecule has 1 aromatic rings. The Morgan fingerprint density at radius 3 is 2.87 bits per heavy atom. The molecule has 1 amide bonds. The molecule has 0 radical (unpaired) electrons. The predicted octanol–water partition coefficient (Wildman–Crippen LogP) is 1.04. The lowest BCUT2D eigenvalue weighted by Crippen LogP contribution is -2.25. The second-order valence-corrected chi connectivity index (χ2v) is 4.04. The van der Waals surface area contributed by atoms with Gasteiger partial charge in [-0.2, -0.15) is 0 Å². The number of carbonyl (C=O) groups excluding carboxylic acids is 1. The van der Waals surface area contributed by atoms with Gasteiger partial charge in [-0.3, -0.25) is 4.79 Å². The van der Waals surface area contributed by atoms with Gasteiger partial charge in [0.2, 0.25) is 0 Å². The minimum absolute atomic E-state index is 0.00278. The van der Waals surface area contributed by atoms with Crippen LogP contribution < -0.4 is 10.2 Å². The van der Waals surface area contributed by atoms with Gasteiger partial charge in [0, 0.05) is 31.9 Å². The number of rotatable bonds is 3. The Morgan fingerprint density at radius 1 is 1.53 bits per heavy atom. The van der Waals surface area contributed by atoms with E-state index in [1.165, 1.54) is 0 Å². The van der Waals surface area contributed by atoms with Crippen molar-refractivity contribution >= 4 is 11.7 Å². The van der Waals surface area contributed by atoms with Crippen molar-refractivity contribution in [2.75, 3.05) is 19.0 Å². The van der Waals surface area contributed by atoms with Crippen molar-refractivity contribution in [3.8, 4) is 0 Å². The number of aromatic nitrogens is 1. The highest BCUT2D eigenvalue weighted by Crippen LogP contribution is 2.19. The van der Waals surface area contributed by atoms with E-state index in [0.717, 1.165) is 18.7 Å². The topological polar surface area (TPSA) is 45.2 Å². The van der Waals surface area contributed by atoms with Crippen LogP contribution in [-0.2, 0) is 0 Å². The van der Waals surface area contributed by atoms with Gasteiger partial charge in [-0.05, 0) is 25.0 Å².